The van der Waals surface area contributed by atoms with Gasteiger partial charge in [0.25, 0.3) is 0 Å². The zero-order chi connectivity index (χ0) is 7.56. The van der Waals surface area contributed by atoms with E-state index in [0.29, 0.717) is 4.73 Å². The minimum atomic E-state index is -1.15. The van der Waals surface area contributed by atoms with Gasteiger partial charge in [-0.25, -0.2) is 4.79 Å². The minimum absolute atomic E-state index is 0. The second-order valence-corrected chi connectivity index (χ2v) is 1.74. The Bertz CT molecular complexity index is 264. The third kappa shape index (κ3) is 2.49. The molecule has 11 heavy (non-hydrogen) atoms. The van der Waals surface area contributed by atoms with Gasteiger partial charge in [-0.15, -0.1) is 0 Å². The van der Waals surface area contributed by atoms with Gasteiger partial charge in [0.05, 0.1) is 0 Å². The van der Waals surface area contributed by atoms with Crippen LogP contribution in [0, 0.1) is 0 Å². The van der Waals surface area contributed by atoms with Gasteiger partial charge in [-0.2, -0.15) is 0 Å². The molecule has 0 unspecified atom stereocenters. The van der Waals surface area contributed by atoms with Crippen molar-refractivity contribution < 1.29 is 19.8 Å². The van der Waals surface area contributed by atoms with Crippen molar-refractivity contribution in [2.45, 2.75) is 0 Å². The predicted octanol–water partition coefficient (Wildman–Crippen LogP) is -0.471. The molecule has 0 bridgehead atoms. The zero-order valence-electron chi connectivity index (χ0n) is 6.06. The molecule has 0 spiro atoms. The Morgan fingerprint density at radius 3 is 2.45 bits per heavy atom. The van der Waals surface area contributed by atoms with Crippen molar-refractivity contribution in [1.29, 1.82) is 0 Å². The molecule has 5 heteroatoms. The van der Waals surface area contributed by atoms with Crippen LogP contribution in [-0.4, -0.2) is 45.8 Å². The fourth-order valence-electron chi connectivity index (χ4n) is 0.604. The average molecular weight is 163 g/mol. The number of carbonyl (C=O) groups is 1. The van der Waals surface area contributed by atoms with Crippen LogP contribution in [0.2, 0.25) is 0 Å². The number of aromatic nitrogens is 1. The summed E-state index contributed by atoms with van der Waals surface area (Å²) in [4.78, 5) is 10.2. The van der Waals surface area contributed by atoms with Crippen LogP contribution in [0.5, 0.6) is 0 Å². The Morgan fingerprint density at radius 1 is 1.45 bits per heavy atom. The Labute approximate surface area is 85.3 Å². The molecule has 1 rings (SSSR count). The molecule has 1 aromatic rings. The van der Waals surface area contributed by atoms with Gasteiger partial charge in [0, 0.05) is 46.4 Å². The number of hydrogen-bond donors (Lipinski definition) is 2. The molecular weight excluding hydrogens is 157 g/mol. The topological polar surface area (TPSA) is 61.4 Å². The van der Waals surface area contributed by atoms with Crippen LogP contribution < -0.4 is 4.73 Å². The van der Waals surface area contributed by atoms with E-state index in [4.69, 9.17) is 10.3 Å². The maximum absolute atomic E-state index is 10.2. The molecule has 0 saturated carbocycles. The number of carboxylic acids is 1. The SMILES string of the molecule is O=C(O)c1cccc[n+]1O.[Na]. The zero-order valence-corrected chi connectivity index (χ0v) is 8.06. The van der Waals surface area contributed by atoms with E-state index in [9.17, 15) is 4.79 Å². The molecule has 1 radical (unpaired) electrons. The van der Waals surface area contributed by atoms with E-state index in [1.165, 1.54) is 24.4 Å². The van der Waals surface area contributed by atoms with Crippen molar-refractivity contribution in [3.05, 3.63) is 30.1 Å². The van der Waals surface area contributed by atoms with Crippen LogP contribution in [0.1, 0.15) is 10.5 Å². The Hall–Kier alpha value is -0.580. The van der Waals surface area contributed by atoms with Crippen molar-refractivity contribution in [2.75, 3.05) is 0 Å². The molecule has 0 atom stereocenters. The molecule has 0 aliphatic carbocycles. The number of aromatic carboxylic acids is 1. The van der Waals surface area contributed by atoms with Crippen molar-refractivity contribution in [3.8, 4) is 0 Å². The van der Waals surface area contributed by atoms with Gasteiger partial charge in [-0.05, 0) is 6.07 Å². The Kier molecular flexibility index (Phi) is 4.10. The van der Waals surface area contributed by atoms with Crippen LogP contribution in [0.15, 0.2) is 24.4 Å². The molecule has 0 saturated heterocycles. The smallest absolute Gasteiger partial charge is 0.406 e. The molecule has 4 nitrogen and oxygen atoms in total. The Balaban J connectivity index is 0.000001000. The van der Waals surface area contributed by atoms with Crippen molar-refractivity contribution in [2.24, 2.45) is 0 Å². The summed E-state index contributed by atoms with van der Waals surface area (Å²) >= 11 is 0. The first-order valence-electron chi connectivity index (χ1n) is 2.65. The molecule has 0 aromatic carbocycles. The normalized spacial score (nSPS) is 8.36. The second kappa shape index (κ2) is 4.33. The molecule has 0 aliphatic rings. The summed E-state index contributed by atoms with van der Waals surface area (Å²) in [7, 11) is 0. The molecule has 1 heterocycles. The van der Waals surface area contributed by atoms with Gasteiger partial charge in [-0.1, -0.05) is 0 Å². The molecular formula is C6H6NNaO3+. The van der Waals surface area contributed by atoms with E-state index in [0.717, 1.165) is 0 Å². The number of carboxylic acid groups (broad SMARTS) is 1. The number of nitrogens with zero attached hydrogens (tertiary/aromatic N) is 1. The molecule has 1 aromatic heterocycles. The third-order valence-corrected chi connectivity index (χ3v) is 1.06. The van der Waals surface area contributed by atoms with Gasteiger partial charge >= 0.3 is 11.7 Å². The van der Waals surface area contributed by atoms with Gasteiger partial charge in [0.1, 0.15) is 0 Å². The fourth-order valence-corrected chi connectivity index (χ4v) is 0.604. The fraction of sp³-hybridized carbons (Fsp3) is 0. The summed E-state index contributed by atoms with van der Waals surface area (Å²) in [6.45, 7) is 0. The van der Waals surface area contributed by atoms with E-state index in [1.807, 2.05) is 0 Å². The molecule has 0 aliphatic heterocycles. The number of rotatable bonds is 1. The van der Waals surface area contributed by atoms with Crippen LogP contribution in [0.25, 0.3) is 0 Å². The monoisotopic (exact) mass is 163 g/mol. The van der Waals surface area contributed by atoms with E-state index < -0.39 is 5.97 Å². The van der Waals surface area contributed by atoms with Crippen molar-refractivity contribution in [1.82, 2.24) is 0 Å². The summed E-state index contributed by atoms with van der Waals surface area (Å²) < 4.78 is 0.558. The maximum atomic E-state index is 10.2. The average Bonchev–Trinajstić information content (AvgIpc) is 1.88. The second-order valence-electron chi connectivity index (χ2n) is 1.74. The van der Waals surface area contributed by atoms with E-state index in [2.05, 4.69) is 0 Å². The summed E-state index contributed by atoms with van der Waals surface area (Å²) in [5.74, 6) is -1.15. The number of pyridine rings is 1. The van der Waals surface area contributed by atoms with Gasteiger partial charge in [-0.3, -0.25) is 5.21 Å². The van der Waals surface area contributed by atoms with Crippen molar-refractivity contribution >= 4 is 35.5 Å². The van der Waals surface area contributed by atoms with Crippen LogP contribution in [0.4, 0.5) is 0 Å². The van der Waals surface area contributed by atoms with Crippen molar-refractivity contribution in [3.63, 3.8) is 0 Å². The van der Waals surface area contributed by atoms with E-state index in [-0.39, 0.29) is 35.3 Å². The first-order chi connectivity index (χ1) is 4.72. The van der Waals surface area contributed by atoms with Crippen LogP contribution in [-0.2, 0) is 0 Å². The standard InChI is InChI=1S/C6H5NO3.Na/c8-6(9)5-3-1-2-4-7(5)10;/h1-4H,(H-,8,9,10);/p+1. The number of hydrogen-bond acceptors (Lipinski definition) is 2. The predicted molar refractivity (Wildman–Crippen MR) is 36.5 cm³/mol. The van der Waals surface area contributed by atoms with Crippen LogP contribution in [0.3, 0.4) is 0 Å². The van der Waals surface area contributed by atoms with E-state index >= 15 is 0 Å². The van der Waals surface area contributed by atoms with Crippen LogP contribution >= 0.6 is 0 Å². The third-order valence-electron chi connectivity index (χ3n) is 1.06. The minimum Gasteiger partial charge on any atom is -0.473 e. The molecule has 0 fully saturated rings. The maximum Gasteiger partial charge on any atom is 0.406 e. The van der Waals surface area contributed by atoms with Gasteiger partial charge in [0.15, 0.2) is 0 Å². The quantitative estimate of drug-likeness (QED) is 0.334. The van der Waals surface area contributed by atoms with Gasteiger partial charge in [0.2, 0.25) is 6.20 Å². The van der Waals surface area contributed by atoms with Gasteiger partial charge < -0.3 is 5.11 Å². The first kappa shape index (κ1) is 10.4. The first-order valence-corrected chi connectivity index (χ1v) is 2.65. The molecule has 0 amide bonds. The summed E-state index contributed by atoms with van der Waals surface area (Å²) in [6, 6.07) is 4.38. The largest absolute Gasteiger partial charge is 0.473 e. The van der Waals surface area contributed by atoms with E-state index in [1.54, 1.807) is 0 Å². The summed E-state index contributed by atoms with van der Waals surface area (Å²) in [5.41, 5.74) is -0.150. The molecule has 2 N–H and O–H groups in total. The summed E-state index contributed by atoms with van der Waals surface area (Å²) in [5, 5.41) is 17.2. The summed E-state index contributed by atoms with van der Waals surface area (Å²) in [6.07, 6.45) is 1.25. The Morgan fingerprint density at radius 2 is 2.09 bits per heavy atom. The molecule has 53 valence electrons.